The van der Waals surface area contributed by atoms with Crippen molar-refractivity contribution < 1.29 is 19.1 Å². The van der Waals surface area contributed by atoms with Gasteiger partial charge in [-0.3, -0.25) is 0 Å². The maximum Gasteiger partial charge on any atom is 0.352 e. The van der Waals surface area contributed by atoms with Crippen molar-refractivity contribution in [3.63, 3.8) is 0 Å². The van der Waals surface area contributed by atoms with E-state index in [2.05, 4.69) is 0 Å². The Balaban J connectivity index is 2.20. The van der Waals surface area contributed by atoms with Crippen LogP contribution in [0.2, 0.25) is 0 Å². The summed E-state index contributed by atoms with van der Waals surface area (Å²) in [6, 6.07) is 17.4. The van der Waals surface area contributed by atoms with Gasteiger partial charge in [-0.25, -0.2) is 9.59 Å². The molecule has 0 N–H and O–H groups in total. The summed E-state index contributed by atoms with van der Waals surface area (Å²) in [6.45, 7) is 1.93. The Morgan fingerprint density at radius 3 is 2.10 bits per heavy atom. The molecule has 0 radical (unpaired) electrons. The fraction of sp³-hybridized carbons (Fsp3) is 0.176. The molecule has 0 fully saturated rings. The smallest absolute Gasteiger partial charge is 0.352 e. The molecule has 0 spiro atoms. The van der Waals surface area contributed by atoms with Crippen molar-refractivity contribution in [3.05, 3.63) is 71.8 Å². The zero-order valence-corrected chi connectivity index (χ0v) is 11.7. The molecule has 0 aliphatic heterocycles. The molecule has 4 heteroatoms. The summed E-state index contributed by atoms with van der Waals surface area (Å²) in [6.07, 6.45) is -1.06. The average molecular weight is 284 g/mol. The number of rotatable bonds is 5. The van der Waals surface area contributed by atoms with E-state index < -0.39 is 18.0 Å². The third-order valence-corrected chi connectivity index (χ3v) is 2.84. The van der Waals surface area contributed by atoms with E-state index in [0.717, 1.165) is 0 Å². The largest absolute Gasteiger partial charge is 0.463 e. The lowest BCUT2D eigenvalue weighted by atomic mass is 10.1. The van der Waals surface area contributed by atoms with Crippen molar-refractivity contribution >= 4 is 11.9 Å². The first-order chi connectivity index (χ1) is 10.2. The first kappa shape index (κ1) is 14.8. The van der Waals surface area contributed by atoms with Crippen molar-refractivity contribution in [1.29, 1.82) is 0 Å². The lowest BCUT2D eigenvalue weighted by Gasteiger charge is -2.16. The zero-order chi connectivity index (χ0) is 15.1. The van der Waals surface area contributed by atoms with Crippen LogP contribution in [0.4, 0.5) is 0 Å². The highest BCUT2D eigenvalue weighted by Crippen LogP contribution is 2.20. The molecule has 0 bridgehead atoms. The summed E-state index contributed by atoms with van der Waals surface area (Å²) in [5, 5.41) is 0. The number of ether oxygens (including phenoxy) is 2. The van der Waals surface area contributed by atoms with Crippen molar-refractivity contribution in [2.75, 3.05) is 6.61 Å². The summed E-state index contributed by atoms with van der Waals surface area (Å²) in [5.74, 6) is -1.13. The molecule has 4 nitrogen and oxygen atoms in total. The summed E-state index contributed by atoms with van der Waals surface area (Å²) in [4.78, 5) is 24.1. The van der Waals surface area contributed by atoms with Crippen LogP contribution in [-0.2, 0) is 14.3 Å². The highest BCUT2D eigenvalue weighted by Gasteiger charge is 2.26. The molecule has 0 aliphatic carbocycles. The summed E-state index contributed by atoms with van der Waals surface area (Å²) < 4.78 is 10.3. The van der Waals surface area contributed by atoms with E-state index in [9.17, 15) is 9.59 Å². The first-order valence-corrected chi connectivity index (χ1v) is 6.70. The second kappa shape index (κ2) is 7.24. The van der Waals surface area contributed by atoms with Crippen molar-refractivity contribution in [2.24, 2.45) is 0 Å². The Hall–Kier alpha value is -2.62. The van der Waals surface area contributed by atoms with E-state index in [4.69, 9.17) is 9.47 Å². The Labute approximate surface area is 123 Å². The van der Waals surface area contributed by atoms with Crippen LogP contribution >= 0.6 is 0 Å². The van der Waals surface area contributed by atoms with Gasteiger partial charge in [0.1, 0.15) is 0 Å². The van der Waals surface area contributed by atoms with Gasteiger partial charge in [-0.05, 0) is 19.1 Å². The molecule has 0 aliphatic rings. The number of hydrogen-bond acceptors (Lipinski definition) is 4. The van der Waals surface area contributed by atoms with Crippen molar-refractivity contribution in [3.8, 4) is 0 Å². The number of hydrogen-bond donors (Lipinski definition) is 0. The highest BCUT2D eigenvalue weighted by atomic mass is 16.6. The molecule has 0 amide bonds. The van der Waals surface area contributed by atoms with Crippen molar-refractivity contribution in [1.82, 2.24) is 0 Å². The Morgan fingerprint density at radius 1 is 0.952 bits per heavy atom. The molecule has 1 atom stereocenters. The van der Waals surface area contributed by atoms with E-state index >= 15 is 0 Å². The fourth-order valence-electron chi connectivity index (χ4n) is 1.85. The van der Waals surface area contributed by atoms with Gasteiger partial charge in [0.2, 0.25) is 6.10 Å². The molecule has 0 saturated heterocycles. The van der Waals surface area contributed by atoms with E-state index in [-0.39, 0.29) is 6.61 Å². The van der Waals surface area contributed by atoms with Crippen LogP contribution in [0.3, 0.4) is 0 Å². The number of esters is 2. The van der Waals surface area contributed by atoms with Crippen LogP contribution in [0.15, 0.2) is 60.7 Å². The van der Waals surface area contributed by atoms with Crippen LogP contribution in [0.5, 0.6) is 0 Å². The van der Waals surface area contributed by atoms with Gasteiger partial charge in [0, 0.05) is 5.56 Å². The zero-order valence-electron chi connectivity index (χ0n) is 11.7. The molecule has 0 heterocycles. The lowest BCUT2D eigenvalue weighted by Crippen LogP contribution is -2.22. The minimum atomic E-state index is -1.06. The molecule has 2 rings (SSSR count). The van der Waals surface area contributed by atoms with Crippen LogP contribution in [-0.4, -0.2) is 18.5 Å². The summed E-state index contributed by atoms with van der Waals surface area (Å²) >= 11 is 0. The van der Waals surface area contributed by atoms with Crippen molar-refractivity contribution in [2.45, 2.75) is 13.0 Å². The molecule has 0 saturated carbocycles. The predicted molar refractivity (Wildman–Crippen MR) is 77.7 cm³/mol. The molecule has 1 unspecified atom stereocenters. The molecular formula is C17H16O4. The summed E-state index contributed by atoms with van der Waals surface area (Å²) in [7, 11) is 0. The Bertz CT molecular complexity index is 593. The quantitative estimate of drug-likeness (QED) is 0.791. The molecule has 0 aromatic heterocycles. The number of benzene rings is 2. The monoisotopic (exact) mass is 284 g/mol. The Morgan fingerprint density at radius 2 is 1.52 bits per heavy atom. The van der Waals surface area contributed by atoms with E-state index in [1.165, 1.54) is 0 Å². The maximum atomic E-state index is 12.1. The van der Waals surface area contributed by atoms with Gasteiger partial charge in [0.05, 0.1) is 12.2 Å². The molecular weight excluding hydrogens is 268 g/mol. The van der Waals surface area contributed by atoms with Gasteiger partial charge in [-0.1, -0.05) is 48.5 Å². The van der Waals surface area contributed by atoms with Crippen LogP contribution in [0, 0.1) is 0 Å². The molecule has 21 heavy (non-hydrogen) atoms. The van der Waals surface area contributed by atoms with Gasteiger partial charge in [-0.15, -0.1) is 0 Å². The van der Waals surface area contributed by atoms with Crippen LogP contribution in [0.1, 0.15) is 28.9 Å². The lowest BCUT2D eigenvalue weighted by molar-refractivity contribution is -0.153. The second-order valence-electron chi connectivity index (χ2n) is 4.31. The van der Waals surface area contributed by atoms with Crippen LogP contribution < -0.4 is 0 Å². The van der Waals surface area contributed by atoms with Gasteiger partial charge < -0.3 is 9.47 Å². The minimum absolute atomic E-state index is 0.227. The Kier molecular flexibility index (Phi) is 5.10. The molecule has 2 aromatic rings. The second-order valence-corrected chi connectivity index (χ2v) is 4.31. The first-order valence-electron chi connectivity index (χ1n) is 6.70. The van der Waals surface area contributed by atoms with Gasteiger partial charge >= 0.3 is 11.9 Å². The van der Waals surface area contributed by atoms with Crippen LogP contribution in [0.25, 0.3) is 0 Å². The van der Waals surface area contributed by atoms with E-state index in [1.54, 1.807) is 61.5 Å². The number of carbonyl (C=O) groups is 2. The third kappa shape index (κ3) is 3.92. The minimum Gasteiger partial charge on any atom is -0.463 e. The third-order valence-electron chi connectivity index (χ3n) is 2.84. The SMILES string of the molecule is CCOC(=O)C(OC(=O)c1ccccc1)c1ccccc1. The molecule has 108 valence electrons. The topological polar surface area (TPSA) is 52.6 Å². The van der Waals surface area contributed by atoms with E-state index in [1.807, 2.05) is 6.07 Å². The van der Waals surface area contributed by atoms with Gasteiger partial charge in [0.15, 0.2) is 0 Å². The highest BCUT2D eigenvalue weighted by molar-refractivity contribution is 5.91. The number of carbonyl (C=O) groups excluding carboxylic acids is 2. The normalized spacial score (nSPS) is 11.5. The fourth-order valence-corrected chi connectivity index (χ4v) is 1.85. The summed E-state index contributed by atoms with van der Waals surface area (Å²) in [5.41, 5.74) is 0.975. The molecule has 2 aromatic carbocycles. The average Bonchev–Trinajstić information content (AvgIpc) is 2.54. The maximum absolute atomic E-state index is 12.1. The van der Waals surface area contributed by atoms with Gasteiger partial charge in [-0.2, -0.15) is 0 Å². The van der Waals surface area contributed by atoms with E-state index in [0.29, 0.717) is 11.1 Å². The van der Waals surface area contributed by atoms with Gasteiger partial charge in [0.25, 0.3) is 0 Å². The standard InChI is InChI=1S/C17H16O4/c1-2-20-17(19)15(13-9-5-3-6-10-13)21-16(18)14-11-7-4-8-12-14/h3-12,15H,2H2,1H3. The predicted octanol–water partition coefficient (Wildman–Crippen LogP) is 3.15.